The first-order valence-electron chi connectivity index (χ1n) is 6.25. The van der Waals surface area contributed by atoms with Gasteiger partial charge in [-0.2, -0.15) is 0 Å². The molecule has 2 aromatic rings. The molecular formula is C14H18N4S. The number of nitrogens with one attached hydrogen (secondary N) is 1. The van der Waals surface area contributed by atoms with Crippen LogP contribution in [0.2, 0.25) is 0 Å². The Labute approximate surface area is 117 Å². The molecule has 0 amide bonds. The van der Waals surface area contributed by atoms with Gasteiger partial charge < -0.3 is 11.1 Å². The summed E-state index contributed by atoms with van der Waals surface area (Å²) >= 11 is 1.70. The third-order valence-electron chi connectivity index (χ3n) is 2.84. The van der Waals surface area contributed by atoms with Gasteiger partial charge in [0.2, 0.25) is 0 Å². The van der Waals surface area contributed by atoms with E-state index in [1.807, 2.05) is 18.2 Å². The molecule has 5 heteroatoms. The van der Waals surface area contributed by atoms with Crippen molar-refractivity contribution in [2.75, 3.05) is 17.3 Å². The molecule has 0 atom stereocenters. The van der Waals surface area contributed by atoms with E-state index in [2.05, 4.69) is 34.5 Å². The van der Waals surface area contributed by atoms with E-state index in [1.165, 1.54) is 11.2 Å². The maximum atomic E-state index is 5.94. The molecular weight excluding hydrogens is 256 g/mol. The lowest BCUT2D eigenvalue weighted by Crippen LogP contribution is -2.05. The Hall–Kier alpha value is -1.75. The molecule has 0 aliphatic heterocycles. The number of nitrogens with two attached hydrogens (primary N) is 1. The minimum atomic E-state index is 0.556. The van der Waals surface area contributed by atoms with Crippen LogP contribution in [0.4, 0.5) is 17.3 Å². The third-order valence-corrected chi connectivity index (χ3v) is 3.63. The van der Waals surface area contributed by atoms with Crippen LogP contribution in [0, 0.1) is 0 Å². The van der Waals surface area contributed by atoms with E-state index >= 15 is 0 Å². The first-order chi connectivity index (χ1) is 9.26. The minimum Gasteiger partial charge on any atom is -0.383 e. The van der Waals surface area contributed by atoms with E-state index in [9.17, 15) is 0 Å². The van der Waals surface area contributed by atoms with Crippen LogP contribution in [0.3, 0.4) is 0 Å². The first kappa shape index (κ1) is 13.7. The summed E-state index contributed by atoms with van der Waals surface area (Å²) in [4.78, 5) is 9.56. The van der Waals surface area contributed by atoms with Gasteiger partial charge in [-0.25, -0.2) is 9.97 Å². The Kier molecular flexibility index (Phi) is 4.63. The Morgan fingerprint density at radius 2 is 2.05 bits per heavy atom. The lowest BCUT2D eigenvalue weighted by molar-refractivity contribution is 0.908. The predicted octanol–water partition coefficient (Wildman–Crippen LogP) is 3.48. The zero-order valence-corrected chi connectivity index (χ0v) is 12.0. The van der Waals surface area contributed by atoms with Crippen LogP contribution in [-0.4, -0.2) is 16.2 Å². The van der Waals surface area contributed by atoms with Crippen molar-refractivity contribution in [3.05, 3.63) is 36.2 Å². The van der Waals surface area contributed by atoms with Crippen LogP contribution < -0.4 is 11.1 Å². The van der Waals surface area contributed by atoms with Crippen LogP contribution in [0.15, 0.2) is 35.5 Å². The van der Waals surface area contributed by atoms with Crippen LogP contribution >= 0.6 is 11.8 Å². The molecule has 19 heavy (non-hydrogen) atoms. The first-order valence-corrected chi connectivity index (χ1v) is 7.48. The van der Waals surface area contributed by atoms with E-state index in [-0.39, 0.29) is 0 Å². The van der Waals surface area contributed by atoms with E-state index in [1.54, 1.807) is 11.8 Å². The molecule has 0 spiro atoms. The molecule has 0 aliphatic carbocycles. The van der Waals surface area contributed by atoms with Crippen molar-refractivity contribution in [2.45, 2.75) is 24.7 Å². The molecule has 1 heterocycles. The fraction of sp³-hybridized carbons (Fsp3) is 0.286. The number of rotatable bonds is 5. The number of hydrogen-bond acceptors (Lipinski definition) is 5. The van der Waals surface area contributed by atoms with E-state index in [0.717, 1.165) is 29.9 Å². The summed E-state index contributed by atoms with van der Waals surface area (Å²) in [5.74, 6) is 1.36. The third kappa shape index (κ3) is 3.17. The van der Waals surface area contributed by atoms with Crippen molar-refractivity contribution >= 4 is 29.1 Å². The van der Waals surface area contributed by atoms with Crippen molar-refractivity contribution in [2.24, 2.45) is 0 Å². The van der Waals surface area contributed by atoms with Crippen LogP contribution in [0.5, 0.6) is 0 Å². The highest BCUT2D eigenvalue weighted by Gasteiger charge is 2.10. The Balaban J connectivity index is 2.35. The van der Waals surface area contributed by atoms with E-state index < -0.39 is 0 Å². The van der Waals surface area contributed by atoms with Crippen molar-refractivity contribution in [3.63, 3.8) is 0 Å². The number of aromatic nitrogens is 2. The van der Waals surface area contributed by atoms with Crippen molar-refractivity contribution in [3.8, 4) is 0 Å². The van der Waals surface area contributed by atoms with Gasteiger partial charge in [0, 0.05) is 10.5 Å². The quantitative estimate of drug-likeness (QED) is 0.817. The second-order valence-electron chi connectivity index (χ2n) is 4.16. The number of benzene rings is 1. The summed E-state index contributed by atoms with van der Waals surface area (Å²) in [5, 5.41) is 3.37. The fourth-order valence-corrected chi connectivity index (χ4v) is 2.46. The lowest BCUT2D eigenvalue weighted by atomic mass is 10.1. The second kappa shape index (κ2) is 6.43. The standard InChI is InChI=1S/C14H18N4S/c1-3-6-10-13(15)16-9-17-14(10)18-11-7-4-5-8-12(11)19-2/h4-5,7-9H,3,6H2,1-2H3,(H3,15,16,17,18). The van der Waals surface area contributed by atoms with Gasteiger partial charge in [-0.15, -0.1) is 11.8 Å². The molecule has 1 aromatic carbocycles. The van der Waals surface area contributed by atoms with Gasteiger partial charge in [-0.05, 0) is 24.8 Å². The minimum absolute atomic E-state index is 0.556. The summed E-state index contributed by atoms with van der Waals surface area (Å²) in [5.41, 5.74) is 7.97. The average molecular weight is 274 g/mol. The van der Waals surface area contributed by atoms with Gasteiger partial charge >= 0.3 is 0 Å². The predicted molar refractivity (Wildman–Crippen MR) is 81.9 cm³/mol. The molecule has 4 nitrogen and oxygen atoms in total. The molecule has 0 unspecified atom stereocenters. The van der Waals surface area contributed by atoms with E-state index in [0.29, 0.717) is 5.82 Å². The molecule has 0 saturated heterocycles. The number of nitrogens with zero attached hydrogens (tertiary/aromatic N) is 2. The van der Waals surface area contributed by atoms with Gasteiger partial charge in [-0.3, -0.25) is 0 Å². The zero-order valence-electron chi connectivity index (χ0n) is 11.2. The Bertz CT molecular complexity index is 557. The van der Waals surface area contributed by atoms with Gasteiger partial charge in [-0.1, -0.05) is 25.5 Å². The zero-order chi connectivity index (χ0) is 13.7. The van der Waals surface area contributed by atoms with E-state index in [4.69, 9.17) is 5.73 Å². The van der Waals surface area contributed by atoms with Gasteiger partial charge in [0.1, 0.15) is 18.0 Å². The Morgan fingerprint density at radius 3 is 2.79 bits per heavy atom. The van der Waals surface area contributed by atoms with Crippen LogP contribution in [0.25, 0.3) is 0 Å². The molecule has 1 aromatic heterocycles. The SMILES string of the molecule is CCCc1c(N)ncnc1Nc1ccccc1SC. The summed E-state index contributed by atoms with van der Waals surface area (Å²) < 4.78 is 0. The number of para-hydroxylation sites is 1. The van der Waals surface area contributed by atoms with Crippen molar-refractivity contribution in [1.82, 2.24) is 9.97 Å². The normalized spacial score (nSPS) is 10.4. The highest BCUT2D eigenvalue weighted by molar-refractivity contribution is 7.98. The maximum absolute atomic E-state index is 5.94. The highest BCUT2D eigenvalue weighted by Crippen LogP contribution is 2.29. The Morgan fingerprint density at radius 1 is 1.26 bits per heavy atom. The summed E-state index contributed by atoms with van der Waals surface area (Å²) in [6, 6.07) is 8.15. The summed E-state index contributed by atoms with van der Waals surface area (Å²) in [6.45, 7) is 2.12. The maximum Gasteiger partial charge on any atom is 0.139 e. The molecule has 0 bridgehead atoms. The number of hydrogen-bond donors (Lipinski definition) is 2. The monoisotopic (exact) mass is 274 g/mol. The largest absolute Gasteiger partial charge is 0.383 e. The second-order valence-corrected chi connectivity index (χ2v) is 5.01. The lowest BCUT2D eigenvalue weighted by Gasteiger charge is -2.13. The molecule has 2 rings (SSSR count). The fourth-order valence-electron chi connectivity index (χ4n) is 1.91. The van der Waals surface area contributed by atoms with Gasteiger partial charge in [0.05, 0.1) is 5.69 Å². The highest BCUT2D eigenvalue weighted by atomic mass is 32.2. The molecule has 0 saturated carbocycles. The van der Waals surface area contributed by atoms with Crippen molar-refractivity contribution in [1.29, 1.82) is 0 Å². The number of thioether (sulfide) groups is 1. The topological polar surface area (TPSA) is 63.8 Å². The summed E-state index contributed by atoms with van der Waals surface area (Å²) in [7, 11) is 0. The molecule has 3 N–H and O–H groups in total. The molecule has 0 fully saturated rings. The van der Waals surface area contributed by atoms with Gasteiger partial charge in [0.15, 0.2) is 0 Å². The summed E-state index contributed by atoms with van der Waals surface area (Å²) in [6.07, 6.45) is 5.44. The molecule has 100 valence electrons. The molecule has 0 radical (unpaired) electrons. The number of anilines is 3. The van der Waals surface area contributed by atoms with Crippen molar-refractivity contribution < 1.29 is 0 Å². The number of nitrogen functional groups attached to an aromatic ring is 1. The van der Waals surface area contributed by atoms with Gasteiger partial charge in [0.25, 0.3) is 0 Å². The average Bonchev–Trinajstić information content (AvgIpc) is 2.43. The molecule has 0 aliphatic rings. The smallest absolute Gasteiger partial charge is 0.139 e. The van der Waals surface area contributed by atoms with Crippen LogP contribution in [-0.2, 0) is 6.42 Å². The van der Waals surface area contributed by atoms with Crippen LogP contribution in [0.1, 0.15) is 18.9 Å².